The lowest BCUT2D eigenvalue weighted by molar-refractivity contribution is -0.119. The number of rotatable bonds is 3. The number of likely N-dealkylation sites (N-methyl/N-ethyl adjacent to an activating group) is 1. The Morgan fingerprint density at radius 3 is 2.70 bits per heavy atom. The fourth-order valence-corrected chi connectivity index (χ4v) is 2.89. The molecule has 2 nitrogen and oxygen atoms in total. The molecule has 1 amide bonds. The second-order valence-electron chi connectivity index (χ2n) is 5.03. The van der Waals surface area contributed by atoms with Crippen LogP contribution in [0.4, 0.5) is 10.1 Å². The van der Waals surface area contributed by atoms with E-state index >= 15 is 0 Å². The van der Waals surface area contributed by atoms with Crippen molar-refractivity contribution in [1.82, 2.24) is 0 Å². The van der Waals surface area contributed by atoms with E-state index in [1.165, 1.54) is 12.1 Å². The molecule has 0 unspecified atom stereocenters. The topological polar surface area (TPSA) is 20.3 Å². The van der Waals surface area contributed by atoms with E-state index < -0.39 is 0 Å². The number of nitrogens with zero attached hydrogens (tertiary/aromatic N) is 1. The number of halogens is 1. The standard InChI is InChI=1S/C17H16FNO/c1-2-19-16-9-4-3-8-14(16)15(17(19)20)11-12-6-5-7-13(18)10-12/h3-10,15H,2,11H2,1H3/t15-/m1/s1. The van der Waals surface area contributed by atoms with Gasteiger partial charge in [0.2, 0.25) is 5.91 Å². The molecule has 3 heteroatoms. The summed E-state index contributed by atoms with van der Waals surface area (Å²) in [5, 5.41) is 0. The van der Waals surface area contributed by atoms with Crippen molar-refractivity contribution in [3.63, 3.8) is 0 Å². The van der Waals surface area contributed by atoms with Gasteiger partial charge in [0.25, 0.3) is 0 Å². The highest BCUT2D eigenvalue weighted by molar-refractivity contribution is 6.05. The Labute approximate surface area is 117 Å². The minimum absolute atomic E-state index is 0.109. The normalized spacial score (nSPS) is 17.4. The molecule has 1 heterocycles. The molecule has 0 spiro atoms. The van der Waals surface area contributed by atoms with Crippen molar-refractivity contribution in [2.45, 2.75) is 19.3 Å². The van der Waals surface area contributed by atoms with Crippen molar-refractivity contribution in [3.05, 3.63) is 65.5 Å². The first-order valence-corrected chi connectivity index (χ1v) is 6.85. The predicted molar refractivity (Wildman–Crippen MR) is 77.3 cm³/mol. The Balaban J connectivity index is 1.96. The van der Waals surface area contributed by atoms with Crippen LogP contribution in [0.25, 0.3) is 0 Å². The minimum Gasteiger partial charge on any atom is -0.312 e. The van der Waals surface area contributed by atoms with E-state index in [0.717, 1.165) is 16.8 Å². The summed E-state index contributed by atoms with van der Waals surface area (Å²) in [5.41, 5.74) is 2.89. The molecular formula is C17H16FNO. The fraction of sp³-hybridized carbons (Fsp3) is 0.235. The van der Waals surface area contributed by atoms with E-state index in [2.05, 4.69) is 0 Å². The molecule has 1 atom stereocenters. The summed E-state index contributed by atoms with van der Waals surface area (Å²) in [6.07, 6.45) is 0.546. The predicted octanol–water partition coefficient (Wildman–Crippen LogP) is 3.52. The zero-order valence-electron chi connectivity index (χ0n) is 11.3. The smallest absolute Gasteiger partial charge is 0.234 e. The molecule has 102 valence electrons. The van der Waals surface area contributed by atoms with Crippen molar-refractivity contribution < 1.29 is 9.18 Å². The number of benzene rings is 2. The minimum atomic E-state index is -0.256. The highest BCUT2D eigenvalue weighted by Gasteiger charge is 2.35. The van der Waals surface area contributed by atoms with Crippen LogP contribution in [-0.2, 0) is 11.2 Å². The van der Waals surface area contributed by atoms with Crippen LogP contribution in [0.3, 0.4) is 0 Å². The first-order chi connectivity index (χ1) is 9.70. The number of para-hydroxylation sites is 1. The van der Waals surface area contributed by atoms with Crippen molar-refractivity contribution in [2.75, 3.05) is 11.4 Å². The third-order valence-electron chi connectivity index (χ3n) is 3.81. The second kappa shape index (κ2) is 5.08. The van der Waals surface area contributed by atoms with Gasteiger partial charge in [-0.05, 0) is 42.7 Å². The van der Waals surface area contributed by atoms with Gasteiger partial charge in [0.05, 0.1) is 5.92 Å². The van der Waals surface area contributed by atoms with Crippen LogP contribution in [0.2, 0.25) is 0 Å². The number of fused-ring (bicyclic) bond motifs is 1. The molecule has 2 aromatic carbocycles. The first kappa shape index (κ1) is 12.9. The highest BCUT2D eigenvalue weighted by atomic mass is 19.1. The lowest BCUT2D eigenvalue weighted by Crippen LogP contribution is -2.29. The highest BCUT2D eigenvalue weighted by Crippen LogP contribution is 2.38. The molecule has 0 aliphatic carbocycles. The van der Waals surface area contributed by atoms with Gasteiger partial charge in [0, 0.05) is 12.2 Å². The maximum atomic E-state index is 13.3. The average molecular weight is 269 g/mol. The van der Waals surface area contributed by atoms with Crippen LogP contribution in [-0.4, -0.2) is 12.5 Å². The van der Waals surface area contributed by atoms with Gasteiger partial charge < -0.3 is 4.90 Å². The monoisotopic (exact) mass is 269 g/mol. The van der Waals surface area contributed by atoms with Crippen molar-refractivity contribution in [3.8, 4) is 0 Å². The Bertz CT molecular complexity index is 653. The Morgan fingerprint density at radius 2 is 1.95 bits per heavy atom. The summed E-state index contributed by atoms with van der Waals surface area (Å²) < 4.78 is 13.3. The third-order valence-corrected chi connectivity index (χ3v) is 3.81. The second-order valence-corrected chi connectivity index (χ2v) is 5.03. The zero-order chi connectivity index (χ0) is 14.1. The van der Waals surface area contributed by atoms with E-state index in [0.29, 0.717) is 13.0 Å². The summed E-state index contributed by atoms with van der Waals surface area (Å²) in [7, 11) is 0. The van der Waals surface area contributed by atoms with E-state index in [-0.39, 0.29) is 17.6 Å². The van der Waals surface area contributed by atoms with Gasteiger partial charge in [-0.1, -0.05) is 30.3 Å². The maximum absolute atomic E-state index is 13.3. The molecule has 3 rings (SSSR count). The number of carbonyl (C=O) groups is 1. The summed E-state index contributed by atoms with van der Waals surface area (Å²) >= 11 is 0. The van der Waals surface area contributed by atoms with Crippen LogP contribution in [0, 0.1) is 5.82 Å². The van der Waals surface area contributed by atoms with Crippen LogP contribution in [0.1, 0.15) is 24.0 Å². The van der Waals surface area contributed by atoms with Gasteiger partial charge in [-0.25, -0.2) is 4.39 Å². The molecule has 0 radical (unpaired) electrons. The van der Waals surface area contributed by atoms with Gasteiger partial charge in [-0.3, -0.25) is 4.79 Å². The number of anilines is 1. The van der Waals surface area contributed by atoms with E-state index in [1.54, 1.807) is 11.0 Å². The average Bonchev–Trinajstić information content (AvgIpc) is 2.72. The van der Waals surface area contributed by atoms with Gasteiger partial charge in [0.15, 0.2) is 0 Å². The first-order valence-electron chi connectivity index (χ1n) is 6.85. The summed E-state index contributed by atoms with van der Waals surface area (Å²) in [5.74, 6) is -0.348. The number of amides is 1. The molecule has 1 aliphatic heterocycles. The quantitative estimate of drug-likeness (QED) is 0.835. The molecule has 0 fully saturated rings. The van der Waals surface area contributed by atoms with Crippen molar-refractivity contribution in [1.29, 1.82) is 0 Å². The van der Waals surface area contributed by atoms with E-state index in [1.807, 2.05) is 37.3 Å². The lowest BCUT2D eigenvalue weighted by atomic mass is 9.93. The molecule has 0 aromatic heterocycles. The van der Waals surface area contributed by atoms with Crippen LogP contribution >= 0.6 is 0 Å². The number of hydrogen-bond donors (Lipinski definition) is 0. The Morgan fingerprint density at radius 1 is 1.15 bits per heavy atom. The molecule has 0 bridgehead atoms. The lowest BCUT2D eigenvalue weighted by Gasteiger charge is -2.15. The molecule has 0 saturated heterocycles. The third kappa shape index (κ3) is 2.09. The van der Waals surface area contributed by atoms with Crippen LogP contribution < -0.4 is 4.90 Å². The van der Waals surface area contributed by atoms with Gasteiger partial charge in [0.1, 0.15) is 5.82 Å². The number of carbonyl (C=O) groups excluding carboxylic acids is 1. The largest absolute Gasteiger partial charge is 0.312 e. The summed E-state index contributed by atoms with van der Waals surface area (Å²) in [6, 6.07) is 14.3. The van der Waals surface area contributed by atoms with Crippen molar-refractivity contribution in [2.24, 2.45) is 0 Å². The molecule has 2 aromatic rings. The fourth-order valence-electron chi connectivity index (χ4n) is 2.89. The van der Waals surface area contributed by atoms with Gasteiger partial charge in [-0.2, -0.15) is 0 Å². The number of hydrogen-bond acceptors (Lipinski definition) is 1. The molecule has 0 N–H and O–H groups in total. The maximum Gasteiger partial charge on any atom is 0.234 e. The molecule has 1 aliphatic rings. The van der Waals surface area contributed by atoms with Crippen molar-refractivity contribution >= 4 is 11.6 Å². The summed E-state index contributed by atoms with van der Waals surface area (Å²) in [4.78, 5) is 14.3. The van der Waals surface area contributed by atoms with Crippen LogP contribution in [0.5, 0.6) is 0 Å². The van der Waals surface area contributed by atoms with E-state index in [4.69, 9.17) is 0 Å². The van der Waals surface area contributed by atoms with Crippen LogP contribution in [0.15, 0.2) is 48.5 Å². The van der Waals surface area contributed by atoms with Gasteiger partial charge >= 0.3 is 0 Å². The van der Waals surface area contributed by atoms with Gasteiger partial charge in [-0.15, -0.1) is 0 Å². The molecule has 0 saturated carbocycles. The Hall–Kier alpha value is -2.16. The zero-order valence-corrected chi connectivity index (χ0v) is 11.3. The molecule has 20 heavy (non-hydrogen) atoms. The SMILES string of the molecule is CCN1C(=O)[C@H](Cc2cccc(F)c2)c2ccccc21. The van der Waals surface area contributed by atoms with E-state index in [9.17, 15) is 9.18 Å². The molecular weight excluding hydrogens is 253 g/mol. The Kier molecular flexibility index (Phi) is 3.26. The summed E-state index contributed by atoms with van der Waals surface area (Å²) in [6.45, 7) is 2.63.